The van der Waals surface area contributed by atoms with Crippen LogP contribution in [-0.4, -0.2) is 38.8 Å². The summed E-state index contributed by atoms with van der Waals surface area (Å²) in [6.07, 6.45) is 7.89. The Morgan fingerprint density at radius 1 is 1.45 bits per heavy atom. The van der Waals surface area contributed by atoms with Gasteiger partial charge < -0.3 is 9.88 Å². The van der Waals surface area contributed by atoms with Crippen LogP contribution >= 0.6 is 22.6 Å². The largest absolute Gasteiger partial charge is 0.344 e. The van der Waals surface area contributed by atoms with Crippen LogP contribution in [0.4, 0.5) is 0 Å². The van der Waals surface area contributed by atoms with E-state index in [0.29, 0.717) is 19.0 Å². The Morgan fingerprint density at radius 3 is 3.10 bits per heavy atom. The third-order valence-electron chi connectivity index (χ3n) is 3.82. The van der Waals surface area contributed by atoms with Crippen molar-refractivity contribution in [2.45, 2.75) is 12.8 Å². The summed E-state index contributed by atoms with van der Waals surface area (Å²) in [6, 6.07) is 0. The molecular weight excluding hydrogens is 367 g/mol. The number of fused-ring (bicyclic) bond motifs is 1. The number of nitrogens with one attached hydrogen (secondary N) is 1. The zero-order valence-electron chi connectivity index (χ0n) is 10.8. The smallest absolute Gasteiger partial charge is 0.226 e. The molecule has 0 saturated heterocycles. The maximum atomic E-state index is 12.1. The summed E-state index contributed by atoms with van der Waals surface area (Å²) in [5, 5.41) is 0. The minimum Gasteiger partial charge on any atom is -0.344 e. The Morgan fingerprint density at radius 2 is 2.30 bits per heavy atom. The molecule has 0 atom stereocenters. The molecule has 5 nitrogen and oxygen atoms in total. The molecule has 1 N–H and O–H groups in total. The van der Waals surface area contributed by atoms with E-state index in [1.54, 1.807) is 6.20 Å². The molecule has 1 aliphatic heterocycles. The van der Waals surface area contributed by atoms with Crippen molar-refractivity contribution in [2.75, 3.05) is 13.1 Å². The second kappa shape index (κ2) is 4.54. The number of hydrogen-bond acceptors (Lipinski definition) is 3. The van der Waals surface area contributed by atoms with Crippen molar-refractivity contribution in [3.05, 3.63) is 27.7 Å². The Kier molecular flexibility index (Phi) is 2.80. The minimum absolute atomic E-state index is 0.280. The SMILES string of the molecule is O=C(C1CC1)N1CC=C(c2cnc3[nH]cc(I)c3n2)C1. The molecule has 1 saturated carbocycles. The predicted octanol–water partition coefficient (Wildman–Crippen LogP) is 2.20. The molecule has 0 radical (unpaired) electrons. The molecule has 0 aromatic carbocycles. The number of hydrogen-bond donors (Lipinski definition) is 1. The van der Waals surface area contributed by atoms with Gasteiger partial charge in [0, 0.05) is 25.2 Å². The summed E-state index contributed by atoms with van der Waals surface area (Å²) in [6.45, 7) is 1.37. The van der Waals surface area contributed by atoms with Crippen LogP contribution in [0.5, 0.6) is 0 Å². The van der Waals surface area contributed by atoms with E-state index in [0.717, 1.165) is 38.8 Å². The van der Waals surface area contributed by atoms with Gasteiger partial charge in [-0.15, -0.1) is 0 Å². The van der Waals surface area contributed by atoms with Gasteiger partial charge in [0.25, 0.3) is 0 Å². The lowest BCUT2D eigenvalue weighted by Crippen LogP contribution is -2.30. The summed E-state index contributed by atoms with van der Waals surface area (Å²) >= 11 is 2.25. The summed E-state index contributed by atoms with van der Waals surface area (Å²) < 4.78 is 1.07. The molecule has 1 aliphatic carbocycles. The molecule has 4 rings (SSSR count). The Labute approximate surface area is 129 Å². The number of carbonyl (C=O) groups excluding carboxylic acids is 1. The van der Waals surface area contributed by atoms with E-state index in [1.165, 1.54) is 0 Å². The first kappa shape index (κ1) is 12.3. The van der Waals surface area contributed by atoms with E-state index in [4.69, 9.17) is 0 Å². The first-order chi connectivity index (χ1) is 9.72. The van der Waals surface area contributed by atoms with Gasteiger partial charge in [0.1, 0.15) is 5.52 Å². The molecule has 102 valence electrons. The van der Waals surface area contributed by atoms with Crippen LogP contribution in [0.3, 0.4) is 0 Å². The molecular formula is C14H13IN4O. The molecule has 0 bridgehead atoms. The Bertz CT molecular complexity index is 732. The summed E-state index contributed by atoms with van der Waals surface area (Å²) in [5.41, 5.74) is 3.69. The summed E-state index contributed by atoms with van der Waals surface area (Å²) in [5.74, 6) is 0.573. The summed E-state index contributed by atoms with van der Waals surface area (Å²) in [7, 11) is 0. The number of carbonyl (C=O) groups is 1. The third kappa shape index (κ3) is 2.02. The number of aromatic amines is 1. The van der Waals surface area contributed by atoms with Gasteiger partial charge in [0.15, 0.2) is 5.65 Å². The van der Waals surface area contributed by atoms with Crippen LogP contribution in [0.1, 0.15) is 18.5 Å². The van der Waals surface area contributed by atoms with Crippen LogP contribution in [0.15, 0.2) is 18.5 Å². The fourth-order valence-corrected chi connectivity index (χ4v) is 3.04. The van der Waals surface area contributed by atoms with Crippen molar-refractivity contribution in [2.24, 2.45) is 5.92 Å². The van der Waals surface area contributed by atoms with Crippen LogP contribution in [0.2, 0.25) is 0 Å². The van der Waals surface area contributed by atoms with Crippen molar-refractivity contribution < 1.29 is 4.79 Å². The molecule has 20 heavy (non-hydrogen) atoms. The number of aromatic nitrogens is 3. The molecule has 2 aliphatic rings. The highest BCUT2D eigenvalue weighted by molar-refractivity contribution is 14.1. The predicted molar refractivity (Wildman–Crippen MR) is 83.9 cm³/mol. The standard InChI is InChI=1S/C14H13IN4O/c15-10-5-16-13-12(10)18-11(6-17-13)9-3-4-19(7-9)14(20)8-1-2-8/h3,5-6,8H,1-2,4,7H2,(H,16,17). The van der Waals surface area contributed by atoms with Crippen LogP contribution < -0.4 is 0 Å². The lowest BCUT2D eigenvalue weighted by Gasteiger charge is -2.15. The van der Waals surface area contributed by atoms with Gasteiger partial charge in [-0.05, 0) is 41.0 Å². The van der Waals surface area contributed by atoms with Crippen LogP contribution in [0.25, 0.3) is 16.7 Å². The number of amides is 1. The maximum Gasteiger partial charge on any atom is 0.226 e. The van der Waals surface area contributed by atoms with Crippen molar-refractivity contribution in [1.82, 2.24) is 19.9 Å². The third-order valence-corrected chi connectivity index (χ3v) is 4.64. The normalized spacial score (nSPS) is 18.6. The number of rotatable bonds is 2. The van der Waals surface area contributed by atoms with Gasteiger partial charge in [0.05, 0.1) is 15.5 Å². The van der Waals surface area contributed by atoms with E-state index < -0.39 is 0 Å². The van der Waals surface area contributed by atoms with Crippen molar-refractivity contribution >= 4 is 45.2 Å². The zero-order chi connectivity index (χ0) is 13.7. The highest BCUT2D eigenvalue weighted by Gasteiger charge is 2.34. The molecule has 0 spiro atoms. The average Bonchev–Trinajstić information content (AvgIpc) is 3.09. The van der Waals surface area contributed by atoms with Crippen LogP contribution in [-0.2, 0) is 4.79 Å². The molecule has 1 fully saturated rings. The number of nitrogens with zero attached hydrogens (tertiary/aromatic N) is 3. The summed E-state index contributed by atoms with van der Waals surface area (Å²) in [4.78, 5) is 26.1. The van der Waals surface area contributed by atoms with Crippen molar-refractivity contribution in [1.29, 1.82) is 0 Å². The maximum absolute atomic E-state index is 12.1. The first-order valence-electron chi connectivity index (χ1n) is 6.70. The molecule has 1 amide bonds. The monoisotopic (exact) mass is 380 g/mol. The van der Waals surface area contributed by atoms with Gasteiger partial charge in [-0.2, -0.15) is 0 Å². The van der Waals surface area contributed by atoms with Gasteiger partial charge in [-0.25, -0.2) is 9.97 Å². The lowest BCUT2D eigenvalue weighted by molar-refractivity contribution is -0.131. The van der Waals surface area contributed by atoms with E-state index in [-0.39, 0.29) is 5.92 Å². The molecule has 0 unspecified atom stereocenters. The number of halogens is 1. The lowest BCUT2D eigenvalue weighted by atomic mass is 10.2. The van der Waals surface area contributed by atoms with E-state index in [9.17, 15) is 4.79 Å². The highest BCUT2D eigenvalue weighted by Crippen LogP contribution is 2.33. The average molecular weight is 380 g/mol. The van der Waals surface area contributed by atoms with Gasteiger partial charge in [-0.3, -0.25) is 4.79 Å². The molecule has 2 aromatic rings. The topological polar surface area (TPSA) is 61.9 Å². The van der Waals surface area contributed by atoms with E-state index >= 15 is 0 Å². The quantitative estimate of drug-likeness (QED) is 0.813. The highest BCUT2D eigenvalue weighted by atomic mass is 127. The van der Waals surface area contributed by atoms with E-state index in [1.807, 2.05) is 11.1 Å². The Hall–Kier alpha value is -1.44. The van der Waals surface area contributed by atoms with Crippen molar-refractivity contribution in [3.8, 4) is 0 Å². The molecule has 6 heteroatoms. The van der Waals surface area contributed by atoms with Crippen LogP contribution in [0, 0.1) is 9.49 Å². The van der Waals surface area contributed by atoms with E-state index in [2.05, 4.69) is 43.6 Å². The fraction of sp³-hybridized carbons (Fsp3) is 0.357. The first-order valence-corrected chi connectivity index (χ1v) is 7.78. The zero-order valence-corrected chi connectivity index (χ0v) is 12.9. The minimum atomic E-state index is 0.280. The van der Waals surface area contributed by atoms with Gasteiger partial charge in [-0.1, -0.05) is 6.08 Å². The van der Waals surface area contributed by atoms with Gasteiger partial charge >= 0.3 is 0 Å². The van der Waals surface area contributed by atoms with Crippen molar-refractivity contribution in [3.63, 3.8) is 0 Å². The number of H-pyrrole nitrogens is 1. The Balaban J connectivity index is 1.60. The molecule has 2 aromatic heterocycles. The van der Waals surface area contributed by atoms with Gasteiger partial charge in [0.2, 0.25) is 5.91 Å². The fourth-order valence-electron chi connectivity index (χ4n) is 2.51. The molecule has 3 heterocycles. The second-order valence-electron chi connectivity index (χ2n) is 5.31. The second-order valence-corrected chi connectivity index (χ2v) is 6.47.